The summed E-state index contributed by atoms with van der Waals surface area (Å²) < 4.78 is 7.15. The lowest BCUT2D eigenvalue weighted by atomic mass is 10.2. The zero-order valence-corrected chi connectivity index (χ0v) is 18.6. The average molecular weight is 460 g/mol. The first-order chi connectivity index (χ1) is 16.1. The maximum Gasteiger partial charge on any atom is 0.250 e. The van der Waals surface area contributed by atoms with Gasteiger partial charge in [0.05, 0.1) is 19.1 Å². The zero-order valence-electron chi connectivity index (χ0n) is 17.8. The summed E-state index contributed by atoms with van der Waals surface area (Å²) in [5.74, 6) is 1.36. The molecule has 1 heterocycles. The summed E-state index contributed by atoms with van der Waals surface area (Å²) in [6.07, 6.45) is 1.47. The molecule has 4 rings (SSSR count). The zero-order chi connectivity index (χ0) is 23.0. The summed E-state index contributed by atoms with van der Waals surface area (Å²) in [5, 5.41) is 22.7. The maximum atomic E-state index is 12.3. The van der Waals surface area contributed by atoms with Crippen molar-refractivity contribution in [3.8, 4) is 28.6 Å². The lowest BCUT2D eigenvalue weighted by Gasteiger charge is -2.10. The van der Waals surface area contributed by atoms with E-state index in [1.807, 2.05) is 59.2 Å². The number of aromatic hydroxyl groups is 1. The Bertz CT molecular complexity index is 1260. The van der Waals surface area contributed by atoms with Crippen molar-refractivity contribution in [1.82, 2.24) is 20.2 Å². The van der Waals surface area contributed by atoms with E-state index in [0.717, 1.165) is 17.0 Å². The molecule has 1 amide bonds. The van der Waals surface area contributed by atoms with Gasteiger partial charge in [-0.3, -0.25) is 9.36 Å². The fourth-order valence-electron chi connectivity index (χ4n) is 3.05. The number of phenolic OH excluding ortho intramolecular Hbond substituents is 1. The molecule has 0 saturated carbocycles. The lowest BCUT2D eigenvalue weighted by molar-refractivity contribution is -0.118. The van der Waals surface area contributed by atoms with Crippen molar-refractivity contribution in [3.63, 3.8) is 0 Å². The van der Waals surface area contributed by atoms with E-state index in [4.69, 9.17) is 4.74 Å². The number of rotatable bonds is 8. The number of nitrogens with one attached hydrogen (secondary N) is 1. The second-order valence-electron chi connectivity index (χ2n) is 6.88. The minimum absolute atomic E-state index is 0.102. The molecule has 1 aromatic heterocycles. The van der Waals surface area contributed by atoms with E-state index < -0.39 is 0 Å². The summed E-state index contributed by atoms with van der Waals surface area (Å²) in [7, 11) is 1.62. The number of hydrazone groups is 1. The molecular formula is C24H21N5O3S. The van der Waals surface area contributed by atoms with E-state index in [0.29, 0.717) is 16.5 Å². The number of nitrogens with zero attached hydrogens (tertiary/aromatic N) is 4. The highest BCUT2D eigenvalue weighted by Crippen LogP contribution is 2.28. The molecule has 0 unspecified atom stereocenters. The van der Waals surface area contributed by atoms with E-state index in [2.05, 4.69) is 20.7 Å². The largest absolute Gasteiger partial charge is 0.508 e. The molecule has 0 aliphatic heterocycles. The first kappa shape index (κ1) is 22.1. The number of hydrogen-bond donors (Lipinski definition) is 2. The maximum absolute atomic E-state index is 12.3. The third kappa shape index (κ3) is 5.58. The van der Waals surface area contributed by atoms with Gasteiger partial charge in [-0.15, -0.1) is 10.2 Å². The van der Waals surface area contributed by atoms with Crippen molar-refractivity contribution < 1.29 is 14.6 Å². The third-order valence-corrected chi connectivity index (χ3v) is 5.53. The molecule has 166 valence electrons. The first-order valence-electron chi connectivity index (χ1n) is 10.0. The number of amides is 1. The molecule has 0 atom stereocenters. The molecule has 33 heavy (non-hydrogen) atoms. The smallest absolute Gasteiger partial charge is 0.250 e. The van der Waals surface area contributed by atoms with Gasteiger partial charge in [-0.1, -0.05) is 42.1 Å². The molecular weight excluding hydrogens is 438 g/mol. The number of ether oxygens (including phenoxy) is 1. The van der Waals surface area contributed by atoms with Crippen molar-refractivity contribution in [2.75, 3.05) is 12.9 Å². The van der Waals surface area contributed by atoms with Gasteiger partial charge in [0.2, 0.25) is 0 Å². The topological polar surface area (TPSA) is 102 Å². The highest BCUT2D eigenvalue weighted by atomic mass is 32.2. The van der Waals surface area contributed by atoms with Crippen molar-refractivity contribution in [3.05, 3.63) is 84.4 Å². The van der Waals surface area contributed by atoms with Crippen LogP contribution in [0.5, 0.6) is 11.5 Å². The van der Waals surface area contributed by atoms with Crippen LogP contribution in [0.15, 0.2) is 89.1 Å². The van der Waals surface area contributed by atoms with Crippen LogP contribution in [-0.2, 0) is 4.79 Å². The number of hydrogen-bond acceptors (Lipinski definition) is 7. The molecule has 0 fully saturated rings. The number of para-hydroxylation sites is 1. The van der Waals surface area contributed by atoms with Crippen LogP contribution in [-0.4, -0.2) is 44.9 Å². The normalized spacial score (nSPS) is 10.9. The average Bonchev–Trinajstić information content (AvgIpc) is 3.27. The van der Waals surface area contributed by atoms with E-state index >= 15 is 0 Å². The number of carbonyl (C=O) groups is 1. The molecule has 0 bridgehead atoms. The lowest BCUT2D eigenvalue weighted by Crippen LogP contribution is -2.20. The predicted molar refractivity (Wildman–Crippen MR) is 128 cm³/mol. The van der Waals surface area contributed by atoms with Gasteiger partial charge in [0.15, 0.2) is 11.0 Å². The summed E-state index contributed by atoms with van der Waals surface area (Å²) in [4.78, 5) is 12.3. The molecule has 0 aliphatic rings. The Morgan fingerprint density at radius 1 is 1.09 bits per heavy atom. The van der Waals surface area contributed by atoms with Gasteiger partial charge in [-0.2, -0.15) is 5.10 Å². The summed E-state index contributed by atoms with van der Waals surface area (Å²) in [6, 6.07) is 23.9. The number of thioether (sulfide) groups is 1. The monoisotopic (exact) mass is 459 g/mol. The van der Waals surface area contributed by atoms with Crippen LogP contribution in [0, 0.1) is 0 Å². The van der Waals surface area contributed by atoms with Gasteiger partial charge in [-0.25, -0.2) is 5.43 Å². The standard InChI is InChI=1S/C24H21N5O3S/c1-32-21-12-10-18(11-13-21)23-27-28-24(29(23)19-7-3-2-4-8-19)33-16-22(31)26-25-15-17-6-5-9-20(30)14-17/h2-15,30H,16H2,1H3,(H,26,31). The quantitative estimate of drug-likeness (QED) is 0.235. The highest BCUT2D eigenvalue weighted by Gasteiger charge is 2.17. The summed E-state index contributed by atoms with van der Waals surface area (Å²) >= 11 is 1.26. The van der Waals surface area contributed by atoms with E-state index in [-0.39, 0.29) is 17.4 Å². The minimum atomic E-state index is -0.287. The third-order valence-electron chi connectivity index (χ3n) is 4.60. The van der Waals surface area contributed by atoms with E-state index in [9.17, 15) is 9.90 Å². The Morgan fingerprint density at radius 3 is 2.61 bits per heavy atom. The van der Waals surface area contributed by atoms with Gasteiger partial charge in [-0.05, 0) is 54.1 Å². The number of carbonyl (C=O) groups excluding carboxylic acids is 1. The number of benzene rings is 3. The number of methoxy groups -OCH3 is 1. The van der Waals surface area contributed by atoms with Gasteiger partial charge in [0, 0.05) is 11.3 Å². The second kappa shape index (κ2) is 10.5. The number of phenols is 1. The molecule has 0 spiro atoms. The van der Waals surface area contributed by atoms with Crippen molar-refractivity contribution in [2.45, 2.75) is 5.16 Å². The molecule has 8 nitrogen and oxygen atoms in total. The van der Waals surface area contributed by atoms with E-state index in [1.165, 1.54) is 18.0 Å². The molecule has 2 N–H and O–H groups in total. The Hall–Kier alpha value is -4.11. The molecule has 0 radical (unpaired) electrons. The minimum Gasteiger partial charge on any atom is -0.508 e. The first-order valence-corrected chi connectivity index (χ1v) is 11.0. The van der Waals surface area contributed by atoms with Gasteiger partial charge in [0.1, 0.15) is 11.5 Å². The Kier molecular flexibility index (Phi) is 7.01. The summed E-state index contributed by atoms with van der Waals surface area (Å²) in [5.41, 5.74) is 4.93. The van der Waals surface area contributed by atoms with Gasteiger partial charge < -0.3 is 9.84 Å². The fraction of sp³-hybridized carbons (Fsp3) is 0.0833. The van der Waals surface area contributed by atoms with Crippen molar-refractivity contribution in [1.29, 1.82) is 0 Å². The predicted octanol–water partition coefficient (Wildman–Crippen LogP) is 3.89. The highest BCUT2D eigenvalue weighted by molar-refractivity contribution is 7.99. The molecule has 3 aromatic carbocycles. The Labute approximate surface area is 194 Å². The van der Waals surface area contributed by atoms with E-state index in [1.54, 1.807) is 31.4 Å². The van der Waals surface area contributed by atoms with Crippen LogP contribution in [0.2, 0.25) is 0 Å². The Morgan fingerprint density at radius 2 is 1.88 bits per heavy atom. The molecule has 4 aromatic rings. The fourth-order valence-corrected chi connectivity index (χ4v) is 3.79. The van der Waals surface area contributed by atoms with Crippen LogP contribution in [0.1, 0.15) is 5.56 Å². The second-order valence-corrected chi connectivity index (χ2v) is 7.82. The Balaban J connectivity index is 1.50. The van der Waals surface area contributed by atoms with Crippen molar-refractivity contribution >= 4 is 23.9 Å². The molecule has 0 saturated heterocycles. The van der Waals surface area contributed by atoms with Crippen LogP contribution in [0.25, 0.3) is 17.1 Å². The SMILES string of the molecule is COc1ccc(-c2nnc(SCC(=O)NN=Cc3cccc(O)c3)n2-c2ccccc2)cc1. The van der Waals surface area contributed by atoms with Gasteiger partial charge in [0.25, 0.3) is 5.91 Å². The van der Waals surface area contributed by atoms with Crippen molar-refractivity contribution in [2.24, 2.45) is 5.10 Å². The summed E-state index contributed by atoms with van der Waals surface area (Å²) in [6.45, 7) is 0. The van der Waals surface area contributed by atoms with Gasteiger partial charge >= 0.3 is 0 Å². The van der Waals surface area contributed by atoms with Crippen LogP contribution >= 0.6 is 11.8 Å². The molecule has 9 heteroatoms. The molecule has 0 aliphatic carbocycles. The number of aromatic nitrogens is 3. The van der Waals surface area contributed by atoms with Crippen LogP contribution < -0.4 is 10.2 Å². The van der Waals surface area contributed by atoms with Crippen LogP contribution in [0.4, 0.5) is 0 Å². The van der Waals surface area contributed by atoms with Crippen LogP contribution in [0.3, 0.4) is 0 Å².